The van der Waals surface area contributed by atoms with Crippen LogP contribution in [0.4, 0.5) is 0 Å². The summed E-state index contributed by atoms with van der Waals surface area (Å²) in [7, 11) is 0. The van der Waals surface area contributed by atoms with Gasteiger partial charge < -0.3 is 14.6 Å². The summed E-state index contributed by atoms with van der Waals surface area (Å²) < 4.78 is 13.0. The molecule has 0 heterocycles. The molecule has 0 aliphatic carbocycles. The molecule has 3 nitrogen and oxygen atoms in total. The first-order chi connectivity index (χ1) is 16.1. The van der Waals surface area contributed by atoms with Gasteiger partial charge in [0.05, 0.1) is 25.4 Å². The standard InChI is InChI=1S/C30H38O3/c1-4-25(21-29(5-2)32-22-24(3)31)23-33-30(26-15-9-6-10-16-26,27-17-11-7-12-18-27)28-19-13-8-14-20-28/h6-20,24-25,29,31H,4-5,21-23H2,1-3H3/t24?,25-,29-/m1/s1. The zero-order valence-electron chi connectivity index (χ0n) is 20.2. The van der Waals surface area contributed by atoms with Crippen LogP contribution in [0, 0.1) is 5.92 Å². The van der Waals surface area contributed by atoms with Crippen molar-refractivity contribution in [3.8, 4) is 0 Å². The fourth-order valence-corrected chi connectivity index (χ4v) is 4.36. The summed E-state index contributed by atoms with van der Waals surface area (Å²) in [5.74, 6) is 0.347. The number of hydrogen-bond donors (Lipinski definition) is 1. The van der Waals surface area contributed by atoms with Crippen molar-refractivity contribution in [3.63, 3.8) is 0 Å². The van der Waals surface area contributed by atoms with Crippen LogP contribution in [0.2, 0.25) is 0 Å². The van der Waals surface area contributed by atoms with E-state index in [0.29, 0.717) is 19.1 Å². The van der Waals surface area contributed by atoms with Gasteiger partial charge in [0, 0.05) is 0 Å². The molecule has 0 aromatic heterocycles. The quantitative estimate of drug-likeness (QED) is 0.301. The molecule has 176 valence electrons. The number of aliphatic hydroxyl groups is 1. The SMILES string of the molecule is CC[C@@H](COC(c1ccccc1)(c1ccccc1)c1ccccc1)C[C@@H](CC)OCC(C)O. The van der Waals surface area contributed by atoms with Gasteiger partial charge in [-0.1, -0.05) is 111 Å². The maximum absolute atomic E-state index is 9.63. The molecule has 0 aliphatic heterocycles. The van der Waals surface area contributed by atoms with Crippen LogP contribution in [0.15, 0.2) is 91.0 Å². The first-order valence-corrected chi connectivity index (χ1v) is 12.2. The summed E-state index contributed by atoms with van der Waals surface area (Å²) >= 11 is 0. The zero-order chi connectivity index (χ0) is 23.5. The van der Waals surface area contributed by atoms with E-state index in [1.807, 2.05) is 18.2 Å². The van der Waals surface area contributed by atoms with Crippen LogP contribution >= 0.6 is 0 Å². The Morgan fingerprint density at radius 2 is 1.15 bits per heavy atom. The van der Waals surface area contributed by atoms with Crippen molar-refractivity contribution in [1.82, 2.24) is 0 Å². The van der Waals surface area contributed by atoms with Crippen LogP contribution < -0.4 is 0 Å². The Labute approximate surface area is 199 Å². The van der Waals surface area contributed by atoms with Crippen molar-refractivity contribution in [3.05, 3.63) is 108 Å². The van der Waals surface area contributed by atoms with E-state index in [4.69, 9.17) is 9.47 Å². The molecule has 1 unspecified atom stereocenters. The summed E-state index contributed by atoms with van der Waals surface area (Å²) in [6.07, 6.45) is 2.51. The van der Waals surface area contributed by atoms with E-state index >= 15 is 0 Å². The van der Waals surface area contributed by atoms with Crippen LogP contribution in [-0.2, 0) is 15.1 Å². The normalized spacial score (nSPS) is 14.5. The average molecular weight is 447 g/mol. The average Bonchev–Trinajstić information content (AvgIpc) is 2.87. The van der Waals surface area contributed by atoms with Crippen LogP contribution in [-0.4, -0.2) is 30.5 Å². The molecule has 1 N–H and O–H groups in total. The monoisotopic (exact) mass is 446 g/mol. The first kappa shape index (κ1) is 25.2. The molecular formula is C30H38O3. The van der Waals surface area contributed by atoms with Gasteiger partial charge in [-0.3, -0.25) is 0 Å². The highest BCUT2D eigenvalue weighted by atomic mass is 16.5. The minimum absolute atomic E-state index is 0.118. The number of hydrogen-bond acceptors (Lipinski definition) is 3. The molecule has 0 aliphatic rings. The molecule has 3 aromatic rings. The van der Waals surface area contributed by atoms with E-state index in [0.717, 1.165) is 36.0 Å². The van der Waals surface area contributed by atoms with Gasteiger partial charge in [0.1, 0.15) is 5.60 Å². The van der Waals surface area contributed by atoms with Gasteiger partial charge in [-0.25, -0.2) is 0 Å². The lowest BCUT2D eigenvalue weighted by molar-refractivity contribution is -0.0417. The van der Waals surface area contributed by atoms with Crippen molar-refractivity contribution in [2.45, 2.75) is 57.8 Å². The highest BCUT2D eigenvalue weighted by molar-refractivity contribution is 5.47. The molecule has 0 saturated carbocycles. The second kappa shape index (κ2) is 12.7. The summed E-state index contributed by atoms with van der Waals surface area (Å²) in [6.45, 7) is 7.11. The van der Waals surface area contributed by atoms with Gasteiger partial charge in [-0.05, 0) is 42.4 Å². The minimum atomic E-state index is -0.695. The summed E-state index contributed by atoms with van der Waals surface area (Å²) in [5.41, 5.74) is 2.67. The lowest BCUT2D eigenvalue weighted by Crippen LogP contribution is -2.35. The molecule has 0 radical (unpaired) electrons. The second-order valence-corrected chi connectivity index (χ2v) is 8.81. The van der Waals surface area contributed by atoms with Gasteiger partial charge in [-0.2, -0.15) is 0 Å². The number of benzene rings is 3. The number of ether oxygens (including phenoxy) is 2. The Bertz CT molecular complexity index is 812. The third kappa shape index (κ3) is 6.54. The van der Waals surface area contributed by atoms with E-state index in [1.165, 1.54) is 0 Å². The van der Waals surface area contributed by atoms with E-state index in [9.17, 15) is 5.11 Å². The Hall–Kier alpha value is -2.46. The number of aliphatic hydroxyl groups excluding tert-OH is 1. The zero-order valence-corrected chi connectivity index (χ0v) is 20.2. The Balaban J connectivity index is 1.95. The predicted molar refractivity (Wildman–Crippen MR) is 135 cm³/mol. The van der Waals surface area contributed by atoms with Gasteiger partial charge >= 0.3 is 0 Å². The fraction of sp³-hybridized carbons (Fsp3) is 0.400. The van der Waals surface area contributed by atoms with Crippen LogP contribution in [0.5, 0.6) is 0 Å². The topological polar surface area (TPSA) is 38.7 Å². The summed E-state index contributed by atoms with van der Waals surface area (Å²) in [6, 6.07) is 31.5. The maximum Gasteiger partial charge on any atom is 0.143 e. The molecule has 3 aromatic carbocycles. The maximum atomic E-state index is 9.63. The second-order valence-electron chi connectivity index (χ2n) is 8.81. The Morgan fingerprint density at radius 3 is 1.52 bits per heavy atom. The minimum Gasteiger partial charge on any atom is -0.391 e. The molecule has 0 spiro atoms. The molecule has 3 rings (SSSR count). The molecule has 3 atom stereocenters. The van der Waals surface area contributed by atoms with Crippen LogP contribution in [0.3, 0.4) is 0 Å². The lowest BCUT2D eigenvalue weighted by atomic mass is 9.80. The van der Waals surface area contributed by atoms with Crippen molar-refractivity contribution < 1.29 is 14.6 Å². The number of rotatable bonds is 13. The third-order valence-electron chi connectivity index (χ3n) is 6.28. The summed E-state index contributed by atoms with van der Waals surface area (Å²) in [4.78, 5) is 0. The fourth-order valence-electron chi connectivity index (χ4n) is 4.36. The highest BCUT2D eigenvalue weighted by Gasteiger charge is 2.38. The smallest absolute Gasteiger partial charge is 0.143 e. The van der Waals surface area contributed by atoms with E-state index < -0.39 is 11.7 Å². The molecule has 0 amide bonds. The Kier molecular flexibility index (Phi) is 9.68. The van der Waals surface area contributed by atoms with Crippen molar-refractivity contribution in [2.24, 2.45) is 5.92 Å². The largest absolute Gasteiger partial charge is 0.391 e. The first-order valence-electron chi connectivity index (χ1n) is 12.2. The van der Waals surface area contributed by atoms with Crippen molar-refractivity contribution in [2.75, 3.05) is 13.2 Å². The van der Waals surface area contributed by atoms with E-state index in [2.05, 4.69) is 86.6 Å². The third-order valence-corrected chi connectivity index (χ3v) is 6.28. The lowest BCUT2D eigenvalue weighted by Gasteiger charge is -2.37. The van der Waals surface area contributed by atoms with Gasteiger partial charge in [0.25, 0.3) is 0 Å². The van der Waals surface area contributed by atoms with Gasteiger partial charge in [0.15, 0.2) is 0 Å². The van der Waals surface area contributed by atoms with Crippen LogP contribution in [0.1, 0.15) is 56.7 Å². The van der Waals surface area contributed by atoms with Crippen LogP contribution in [0.25, 0.3) is 0 Å². The predicted octanol–water partition coefficient (Wildman–Crippen LogP) is 6.59. The van der Waals surface area contributed by atoms with E-state index in [1.54, 1.807) is 6.92 Å². The van der Waals surface area contributed by atoms with E-state index in [-0.39, 0.29) is 6.10 Å². The van der Waals surface area contributed by atoms with Crippen molar-refractivity contribution in [1.29, 1.82) is 0 Å². The molecular weight excluding hydrogens is 408 g/mol. The molecule has 33 heavy (non-hydrogen) atoms. The summed E-state index contributed by atoms with van der Waals surface area (Å²) in [5, 5.41) is 9.63. The van der Waals surface area contributed by atoms with Gasteiger partial charge in [0.2, 0.25) is 0 Å². The Morgan fingerprint density at radius 1 is 0.697 bits per heavy atom. The van der Waals surface area contributed by atoms with Gasteiger partial charge in [-0.15, -0.1) is 0 Å². The molecule has 0 fully saturated rings. The van der Waals surface area contributed by atoms with Crippen molar-refractivity contribution >= 4 is 0 Å². The molecule has 0 bridgehead atoms. The molecule has 0 saturated heterocycles. The molecule has 3 heteroatoms. The highest BCUT2D eigenvalue weighted by Crippen LogP contribution is 2.41.